The van der Waals surface area contributed by atoms with Crippen LogP contribution in [-0.2, 0) is 16.1 Å². The van der Waals surface area contributed by atoms with Crippen LogP contribution in [-0.4, -0.2) is 22.8 Å². The Labute approximate surface area is 134 Å². The van der Waals surface area contributed by atoms with Gasteiger partial charge in [-0.05, 0) is 42.5 Å². The Hall–Kier alpha value is -2.33. The number of rotatable bonds is 4. The van der Waals surface area contributed by atoms with Crippen LogP contribution in [0.3, 0.4) is 0 Å². The lowest BCUT2D eigenvalue weighted by Crippen LogP contribution is -2.13. The summed E-state index contributed by atoms with van der Waals surface area (Å²) in [5, 5.41) is 12.3. The molecule has 1 aromatic heterocycles. The van der Waals surface area contributed by atoms with Crippen LogP contribution in [0.2, 0.25) is 0 Å². The van der Waals surface area contributed by atoms with Gasteiger partial charge < -0.3 is 14.4 Å². The summed E-state index contributed by atoms with van der Waals surface area (Å²) < 4.78 is 7.00. The predicted octanol–water partition coefficient (Wildman–Crippen LogP) is 3.41. The number of aliphatic hydroxyl groups is 1. The molecule has 0 saturated heterocycles. The molecule has 118 valence electrons. The van der Waals surface area contributed by atoms with Gasteiger partial charge in [-0.15, -0.1) is 0 Å². The number of nitrogens with zero attached hydrogens (tertiary/aromatic N) is 1. The average molecular weight is 309 g/mol. The molecule has 4 nitrogen and oxygen atoms in total. The third kappa shape index (κ3) is 2.39. The van der Waals surface area contributed by atoms with Crippen molar-refractivity contribution >= 4 is 27.8 Å². The molecule has 0 aliphatic heterocycles. The van der Waals surface area contributed by atoms with Gasteiger partial charge in [0.1, 0.15) is 0 Å². The normalized spacial score (nSPS) is 15.9. The van der Waals surface area contributed by atoms with Gasteiger partial charge in [0.05, 0.1) is 7.11 Å². The highest BCUT2D eigenvalue weighted by atomic mass is 16.5. The summed E-state index contributed by atoms with van der Waals surface area (Å²) in [5.74, 6) is 0.139. The third-order valence-electron chi connectivity index (χ3n) is 4.67. The largest absolute Gasteiger partial charge is 0.467 e. The fourth-order valence-corrected chi connectivity index (χ4v) is 3.24. The van der Waals surface area contributed by atoms with Crippen LogP contribution >= 0.6 is 0 Å². The Kier molecular flexibility index (Phi) is 3.34. The highest BCUT2D eigenvalue weighted by Crippen LogP contribution is 2.36. The SMILES string of the molecule is COC(=O)C(O)c1ccc2c(c1)c1ccccc1n2CC1CC1. The van der Waals surface area contributed by atoms with Crippen LogP contribution in [0.15, 0.2) is 42.5 Å². The van der Waals surface area contributed by atoms with Gasteiger partial charge >= 0.3 is 5.97 Å². The molecule has 1 aliphatic rings. The average Bonchev–Trinajstić information content (AvgIpc) is 3.37. The zero-order valence-electron chi connectivity index (χ0n) is 13.0. The maximum Gasteiger partial charge on any atom is 0.339 e. The van der Waals surface area contributed by atoms with Crippen molar-refractivity contribution in [2.75, 3.05) is 7.11 Å². The molecule has 1 unspecified atom stereocenters. The molecular formula is C19H19NO3. The van der Waals surface area contributed by atoms with Crippen LogP contribution < -0.4 is 0 Å². The van der Waals surface area contributed by atoms with E-state index in [0.29, 0.717) is 5.56 Å². The van der Waals surface area contributed by atoms with E-state index in [1.54, 1.807) is 0 Å². The van der Waals surface area contributed by atoms with E-state index in [-0.39, 0.29) is 0 Å². The molecule has 1 heterocycles. The quantitative estimate of drug-likeness (QED) is 0.751. The lowest BCUT2D eigenvalue weighted by Gasteiger charge is -2.10. The Morgan fingerprint density at radius 2 is 1.96 bits per heavy atom. The molecule has 1 aliphatic carbocycles. The lowest BCUT2D eigenvalue weighted by molar-refractivity contribution is -0.150. The highest BCUT2D eigenvalue weighted by Gasteiger charge is 2.24. The molecule has 4 heteroatoms. The molecular weight excluding hydrogens is 290 g/mol. The number of carbonyl (C=O) groups is 1. The summed E-state index contributed by atoms with van der Waals surface area (Å²) in [6, 6.07) is 14.0. The van der Waals surface area contributed by atoms with E-state index in [0.717, 1.165) is 28.8 Å². The Morgan fingerprint density at radius 3 is 2.70 bits per heavy atom. The molecule has 2 aromatic carbocycles. The molecule has 4 rings (SSSR count). The Morgan fingerprint density at radius 1 is 1.22 bits per heavy atom. The summed E-state index contributed by atoms with van der Waals surface area (Å²) in [5.41, 5.74) is 2.93. The Balaban J connectivity index is 1.90. The van der Waals surface area contributed by atoms with Crippen molar-refractivity contribution in [2.24, 2.45) is 5.92 Å². The van der Waals surface area contributed by atoms with Crippen LogP contribution in [0.25, 0.3) is 21.8 Å². The standard InChI is InChI=1S/C19H19NO3/c1-23-19(22)18(21)13-8-9-17-15(10-13)14-4-2-3-5-16(14)20(17)11-12-6-7-12/h2-5,8-10,12,18,21H,6-7,11H2,1H3. The van der Waals surface area contributed by atoms with Gasteiger partial charge in [0.25, 0.3) is 0 Å². The first-order valence-electron chi connectivity index (χ1n) is 7.96. The number of hydrogen-bond donors (Lipinski definition) is 1. The summed E-state index contributed by atoms with van der Waals surface area (Å²) in [6.45, 7) is 1.03. The van der Waals surface area contributed by atoms with E-state index in [9.17, 15) is 9.90 Å². The summed E-state index contributed by atoms with van der Waals surface area (Å²) in [6.07, 6.45) is 1.36. The first kappa shape index (κ1) is 14.3. The number of methoxy groups -OCH3 is 1. The van der Waals surface area contributed by atoms with Crippen LogP contribution in [0.4, 0.5) is 0 Å². The monoisotopic (exact) mass is 309 g/mol. The maximum atomic E-state index is 11.6. The first-order valence-corrected chi connectivity index (χ1v) is 7.96. The van der Waals surface area contributed by atoms with Crippen molar-refractivity contribution in [3.05, 3.63) is 48.0 Å². The van der Waals surface area contributed by atoms with Crippen LogP contribution in [0.1, 0.15) is 24.5 Å². The molecule has 1 fully saturated rings. The number of aromatic nitrogens is 1. The zero-order valence-corrected chi connectivity index (χ0v) is 13.0. The Bertz CT molecular complexity index is 892. The number of carbonyl (C=O) groups excluding carboxylic acids is 1. The van der Waals surface area contributed by atoms with E-state index in [1.807, 2.05) is 24.3 Å². The topological polar surface area (TPSA) is 51.5 Å². The molecule has 0 spiro atoms. The fourth-order valence-electron chi connectivity index (χ4n) is 3.24. The molecule has 0 bridgehead atoms. The molecule has 0 radical (unpaired) electrons. The second kappa shape index (κ2) is 5.39. The molecule has 3 aromatic rings. The second-order valence-electron chi connectivity index (χ2n) is 6.27. The van der Waals surface area contributed by atoms with Gasteiger partial charge in [-0.25, -0.2) is 4.79 Å². The van der Waals surface area contributed by atoms with Gasteiger partial charge in [-0.2, -0.15) is 0 Å². The number of hydrogen-bond acceptors (Lipinski definition) is 3. The number of aliphatic hydroxyl groups excluding tert-OH is 1. The zero-order chi connectivity index (χ0) is 16.0. The van der Waals surface area contributed by atoms with Gasteiger partial charge in [0.2, 0.25) is 0 Å². The summed E-state index contributed by atoms with van der Waals surface area (Å²) >= 11 is 0. The number of fused-ring (bicyclic) bond motifs is 3. The first-order chi connectivity index (χ1) is 11.2. The van der Waals surface area contributed by atoms with Crippen molar-refractivity contribution in [2.45, 2.75) is 25.5 Å². The summed E-state index contributed by atoms with van der Waals surface area (Å²) in [4.78, 5) is 11.6. The molecule has 0 amide bonds. The third-order valence-corrected chi connectivity index (χ3v) is 4.67. The fraction of sp³-hybridized carbons (Fsp3) is 0.316. The molecule has 1 atom stereocenters. The van der Waals surface area contributed by atoms with E-state index in [4.69, 9.17) is 0 Å². The summed E-state index contributed by atoms with van der Waals surface area (Å²) in [7, 11) is 1.28. The number of benzene rings is 2. The van der Waals surface area contributed by atoms with Crippen molar-refractivity contribution in [3.8, 4) is 0 Å². The number of ether oxygens (including phenoxy) is 1. The molecule has 1 saturated carbocycles. The van der Waals surface area contributed by atoms with E-state index >= 15 is 0 Å². The maximum absolute atomic E-state index is 11.6. The minimum absolute atomic E-state index is 0.568. The van der Waals surface area contributed by atoms with Gasteiger partial charge in [0.15, 0.2) is 6.10 Å². The van der Waals surface area contributed by atoms with Gasteiger partial charge in [-0.1, -0.05) is 24.3 Å². The van der Waals surface area contributed by atoms with Crippen molar-refractivity contribution in [1.82, 2.24) is 4.57 Å². The van der Waals surface area contributed by atoms with Crippen LogP contribution in [0.5, 0.6) is 0 Å². The molecule has 23 heavy (non-hydrogen) atoms. The van der Waals surface area contributed by atoms with Crippen molar-refractivity contribution in [1.29, 1.82) is 0 Å². The van der Waals surface area contributed by atoms with Crippen LogP contribution in [0, 0.1) is 5.92 Å². The van der Waals surface area contributed by atoms with E-state index in [2.05, 4.69) is 27.5 Å². The van der Waals surface area contributed by atoms with Crippen molar-refractivity contribution < 1.29 is 14.6 Å². The predicted molar refractivity (Wildman–Crippen MR) is 89.1 cm³/mol. The highest BCUT2D eigenvalue weighted by molar-refractivity contribution is 6.08. The number of para-hydroxylation sites is 1. The minimum atomic E-state index is -1.24. The lowest BCUT2D eigenvalue weighted by atomic mass is 10.1. The second-order valence-corrected chi connectivity index (χ2v) is 6.27. The van der Waals surface area contributed by atoms with Gasteiger partial charge in [0, 0.05) is 28.4 Å². The van der Waals surface area contributed by atoms with Crippen molar-refractivity contribution in [3.63, 3.8) is 0 Å². The smallest absolute Gasteiger partial charge is 0.339 e. The van der Waals surface area contributed by atoms with E-state index in [1.165, 1.54) is 25.5 Å². The van der Waals surface area contributed by atoms with E-state index < -0.39 is 12.1 Å². The minimum Gasteiger partial charge on any atom is -0.467 e. The molecule has 1 N–H and O–H groups in total. The van der Waals surface area contributed by atoms with Gasteiger partial charge in [-0.3, -0.25) is 0 Å². The number of esters is 1.